The molecule has 0 saturated carbocycles. The van der Waals surface area contributed by atoms with Crippen molar-refractivity contribution in [1.82, 2.24) is 0 Å². The largest absolute Gasteiger partial charge is 0.507 e. The lowest BCUT2D eigenvalue weighted by atomic mass is 10.1. The van der Waals surface area contributed by atoms with Crippen LogP contribution >= 0.6 is 0 Å². The van der Waals surface area contributed by atoms with Crippen molar-refractivity contribution in [3.63, 3.8) is 0 Å². The molecule has 2 aromatic carbocycles. The molecule has 0 fully saturated rings. The molecule has 0 aliphatic heterocycles. The summed E-state index contributed by atoms with van der Waals surface area (Å²) in [5.41, 5.74) is -0.101. The molecule has 114 valence electrons. The molecular formula is C16H9NO6. The van der Waals surface area contributed by atoms with Gasteiger partial charge >= 0.3 is 0 Å². The van der Waals surface area contributed by atoms with E-state index in [2.05, 4.69) is 5.18 Å². The number of hydrogen-bond donors (Lipinski definition) is 2. The second-order valence-electron chi connectivity index (χ2n) is 4.79. The lowest BCUT2D eigenvalue weighted by Gasteiger charge is -2.06. The van der Waals surface area contributed by atoms with Gasteiger partial charge < -0.3 is 14.6 Å². The molecule has 3 aromatic rings. The number of phenols is 2. The van der Waals surface area contributed by atoms with Gasteiger partial charge in [-0.1, -0.05) is 0 Å². The van der Waals surface area contributed by atoms with Crippen LogP contribution in [-0.2, 0) is 0 Å². The topological polar surface area (TPSA) is 117 Å². The van der Waals surface area contributed by atoms with Gasteiger partial charge in [0.2, 0.25) is 0 Å². The maximum atomic E-state index is 12.1. The molecule has 0 bridgehead atoms. The molecule has 0 spiro atoms. The van der Waals surface area contributed by atoms with E-state index in [9.17, 15) is 24.7 Å². The Morgan fingerprint density at radius 2 is 1.83 bits per heavy atom. The first-order valence-corrected chi connectivity index (χ1v) is 6.46. The highest BCUT2D eigenvalue weighted by atomic mass is 16.3. The van der Waals surface area contributed by atoms with E-state index >= 15 is 0 Å². The van der Waals surface area contributed by atoms with Crippen molar-refractivity contribution in [2.75, 3.05) is 0 Å². The van der Waals surface area contributed by atoms with Gasteiger partial charge in [0.25, 0.3) is 0 Å². The summed E-state index contributed by atoms with van der Waals surface area (Å²) < 4.78 is 5.56. The summed E-state index contributed by atoms with van der Waals surface area (Å²) in [6.07, 6.45) is 0.442. The number of nitroso groups, excluding NO2 is 1. The summed E-state index contributed by atoms with van der Waals surface area (Å²) in [6, 6.07) is 7.58. The van der Waals surface area contributed by atoms with Crippen LogP contribution in [0.1, 0.15) is 10.4 Å². The Bertz CT molecular complexity index is 1010. The third-order valence-electron chi connectivity index (χ3n) is 3.36. The summed E-state index contributed by atoms with van der Waals surface area (Å²) in [4.78, 5) is 33.5. The fourth-order valence-corrected chi connectivity index (χ4v) is 2.20. The average Bonchev–Trinajstić information content (AvgIpc) is 2.54. The number of aromatic hydroxyl groups is 2. The zero-order valence-corrected chi connectivity index (χ0v) is 11.5. The molecule has 2 N–H and O–H groups in total. The predicted molar refractivity (Wildman–Crippen MR) is 82.1 cm³/mol. The quantitative estimate of drug-likeness (QED) is 0.567. The van der Waals surface area contributed by atoms with Gasteiger partial charge in [0.15, 0.2) is 11.7 Å². The first kappa shape index (κ1) is 14.5. The van der Waals surface area contributed by atoms with Crippen LogP contribution in [0.4, 0.5) is 5.69 Å². The first-order chi connectivity index (χ1) is 11.0. The standard InChI is InChI=1S/C16H9NO6/c18-7-9-4-16-10(5-12(9)19)13(20)6-15(23-16)8-1-2-11(17-22)14(21)3-8/h1-7,19,21H. The number of nitrogens with zero attached hydrogens (tertiary/aromatic N) is 1. The van der Waals surface area contributed by atoms with Crippen molar-refractivity contribution in [2.45, 2.75) is 0 Å². The summed E-state index contributed by atoms with van der Waals surface area (Å²) in [7, 11) is 0. The molecule has 1 heterocycles. The van der Waals surface area contributed by atoms with E-state index in [1.165, 1.54) is 30.3 Å². The lowest BCUT2D eigenvalue weighted by molar-refractivity contribution is 0.112. The van der Waals surface area contributed by atoms with E-state index in [1.54, 1.807) is 0 Å². The Balaban J connectivity index is 2.25. The van der Waals surface area contributed by atoms with E-state index < -0.39 is 5.43 Å². The second-order valence-corrected chi connectivity index (χ2v) is 4.79. The van der Waals surface area contributed by atoms with E-state index in [0.717, 1.165) is 6.07 Å². The van der Waals surface area contributed by atoms with Crippen LogP contribution in [0.5, 0.6) is 11.5 Å². The number of benzene rings is 2. The Labute approximate surface area is 128 Å². The minimum atomic E-state index is -0.425. The molecular weight excluding hydrogens is 302 g/mol. The van der Waals surface area contributed by atoms with Crippen LogP contribution < -0.4 is 5.43 Å². The molecule has 0 saturated heterocycles. The van der Waals surface area contributed by atoms with E-state index in [1.807, 2.05) is 0 Å². The molecule has 7 heteroatoms. The predicted octanol–water partition coefficient (Wildman–Crippen LogP) is 3.08. The fourth-order valence-electron chi connectivity index (χ4n) is 2.20. The Kier molecular flexibility index (Phi) is 3.38. The third-order valence-corrected chi connectivity index (χ3v) is 3.36. The molecule has 0 amide bonds. The van der Waals surface area contributed by atoms with Crippen molar-refractivity contribution in [1.29, 1.82) is 0 Å². The number of carbonyl (C=O) groups is 1. The molecule has 0 radical (unpaired) electrons. The van der Waals surface area contributed by atoms with Crippen molar-refractivity contribution in [3.05, 3.63) is 57.1 Å². The molecule has 23 heavy (non-hydrogen) atoms. The van der Waals surface area contributed by atoms with Crippen molar-refractivity contribution < 1.29 is 19.4 Å². The Morgan fingerprint density at radius 3 is 2.48 bits per heavy atom. The monoisotopic (exact) mass is 311 g/mol. The zero-order chi connectivity index (χ0) is 16.6. The van der Waals surface area contributed by atoms with E-state index in [-0.39, 0.29) is 39.5 Å². The van der Waals surface area contributed by atoms with Crippen LogP contribution in [0.2, 0.25) is 0 Å². The lowest BCUT2D eigenvalue weighted by Crippen LogP contribution is -2.01. The van der Waals surface area contributed by atoms with Gasteiger partial charge in [-0.3, -0.25) is 9.59 Å². The van der Waals surface area contributed by atoms with Crippen LogP contribution in [0.15, 0.2) is 50.8 Å². The molecule has 7 nitrogen and oxygen atoms in total. The molecule has 0 atom stereocenters. The SMILES string of the molecule is O=Cc1cc2oc(-c3ccc(N=O)c(O)c3)cc(=O)c2cc1O. The second kappa shape index (κ2) is 5.38. The summed E-state index contributed by atoms with van der Waals surface area (Å²) >= 11 is 0. The maximum Gasteiger partial charge on any atom is 0.193 e. The van der Waals surface area contributed by atoms with Crippen LogP contribution in [0.25, 0.3) is 22.3 Å². The summed E-state index contributed by atoms with van der Waals surface area (Å²) in [5.74, 6) is -0.524. The summed E-state index contributed by atoms with van der Waals surface area (Å²) in [5, 5.41) is 22.1. The summed E-state index contributed by atoms with van der Waals surface area (Å²) in [6.45, 7) is 0. The van der Waals surface area contributed by atoms with Crippen LogP contribution in [0, 0.1) is 4.91 Å². The highest BCUT2D eigenvalue weighted by molar-refractivity contribution is 5.89. The van der Waals surface area contributed by atoms with Gasteiger partial charge in [-0.25, -0.2) is 0 Å². The Morgan fingerprint density at radius 1 is 1.04 bits per heavy atom. The molecule has 0 aliphatic rings. The van der Waals surface area contributed by atoms with Crippen molar-refractivity contribution in [2.24, 2.45) is 5.18 Å². The van der Waals surface area contributed by atoms with Gasteiger partial charge in [-0.2, -0.15) is 0 Å². The number of carbonyl (C=O) groups excluding carboxylic acids is 1. The maximum absolute atomic E-state index is 12.1. The minimum absolute atomic E-state index is 0.0128. The van der Waals surface area contributed by atoms with Crippen LogP contribution in [-0.4, -0.2) is 16.5 Å². The number of phenolic OH excluding ortho intramolecular Hbond substituents is 2. The first-order valence-electron chi connectivity index (χ1n) is 6.46. The number of fused-ring (bicyclic) bond motifs is 1. The van der Waals surface area contributed by atoms with Gasteiger partial charge in [0.05, 0.1) is 10.9 Å². The van der Waals surface area contributed by atoms with Gasteiger partial charge in [0.1, 0.15) is 28.5 Å². The number of aldehydes is 1. The van der Waals surface area contributed by atoms with E-state index in [0.29, 0.717) is 11.8 Å². The minimum Gasteiger partial charge on any atom is -0.507 e. The van der Waals surface area contributed by atoms with Crippen molar-refractivity contribution >= 4 is 22.9 Å². The van der Waals surface area contributed by atoms with E-state index in [4.69, 9.17) is 4.42 Å². The average molecular weight is 311 g/mol. The van der Waals surface area contributed by atoms with Gasteiger partial charge in [-0.15, -0.1) is 4.91 Å². The fraction of sp³-hybridized carbons (Fsp3) is 0. The smallest absolute Gasteiger partial charge is 0.193 e. The zero-order valence-electron chi connectivity index (χ0n) is 11.5. The van der Waals surface area contributed by atoms with Crippen molar-refractivity contribution in [3.8, 4) is 22.8 Å². The van der Waals surface area contributed by atoms with Gasteiger partial charge in [-0.05, 0) is 35.5 Å². The number of hydrogen-bond acceptors (Lipinski definition) is 7. The third kappa shape index (κ3) is 2.44. The number of rotatable bonds is 3. The molecule has 0 aliphatic carbocycles. The molecule has 0 unspecified atom stereocenters. The van der Waals surface area contributed by atoms with Crippen LogP contribution in [0.3, 0.4) is 0 Å². The molecule has 3 rings (SSSR count). The highest BCUT2D eigenvalue weighted by Crippen LogP contribution is 2.32. The normalized spacial score (nSPS) is 10.6. The highest BCUT2D eigenvalue weighted by Gasteiger charge is 2.12. The van der Waals surface area contributed by atoms with Gasteiger partial charge in [0, 0.05) is 11.6 Å². The molecule has 1 aromatic heterocycles. The Hall–Kier alpha value is -3.48.